The van der Waals surface area contributed by atoms with Gasteiger partial charge in [0.1, 0.15) is 0 Å². The van der Waals surface area contributed by atoms with E-state index in [2.05, 4.69) is 15.6 Å². The minimum Gasteiger partial charge on any atom is -0.356 e. The van der Waals surface area contributed by atoms with Gasteiger partial charge in [-0.05, 0) is 12.0 Å². The van der Waals surface area contributed by atoms with Gasteiger partial charge in [-0.3, -0.25) is 9.59 Å². The molecule has 8 heteroatoms. The minimum atomic E-state index is -0.236. The van der Waals surface area contributed by atoms with E-state index in [0.717, 1.165) is 23.2 Å². The number of anilines is 1. The summed E-state index contributed by atoms with van der Waals surface area (Å²) in [6.45, 7) is 4.23. The first kappa shape index (κ1) is 21.1. The van der Waals surface area contributed by atoms with Crippen LogP contribution in [0.4, 0.5) is 5.13 Å². The van der Waals surface area contributed by atoms with Crippen LogP contribution in [0.15, 0.2) is 29.6 Å². The molecule has 0 aliphatic heterocycles. The molecule has 0 spiro atoms. The van der Waals surface area contributed by atoms with Gasteiger partial charge in [0, 0.05) is 36.9 Å². The summed E-state index contributed by atoms with van der Waals surface area (Å²) >= 11 is 1.39. The number of carbonyl (C=O) groups excluding carboxylic acids is 2. The van der Waals surface area contributed by atoms with Crippen LogP contribution in [0.5, 0.6) is 0 Å². The molecule has 0 saturated carbocycles. The summed E-state index contributed by atoms with van der Waals surface area (Å²) in [6, 6.07) is 8.02. The topological polar surface area (TPSA) is 97.1 Å². The summed E-state index contributed by atoms with van der Waals surface area (Å²) in [5, 5.41) is 8.04. The lowest BCUT2D eigenvalue weighted by Gasteiger charge is -2.06. The van der Waals surface area contributed by atoms with Crippen molar-refractivity contribution in [3.8, 4) is 11.3 Å². The lowest BCUT2D eigenvalue weighted by Crippen LogP contribution is -2.26. The maximum atomic E-state index is 11.8. The summed E-state index contributed by atoms with van der Waals surface area (Å²) in [5.41, 5.74) is 8.44. The average Bonchev–Trinajstić information content (AvgIpc) is 3.02. The molecule has 2 amide bonds. The number of aromatic nitrogens is 1. The first-order valence-corrected chi connectivity index (χ1v) is 8.67. The number of carbonyl (C=O) groups is 2. The van der Waals surface area contributed by atoms with Gasteiger partial charge in [0.05, 0.1) is 5.69 Å². The normalized spacial score (nSPS) is 11.3. The lowest BCUT2D eigenvalue weighted by atomic mass is 10.1. The van der Waals surface area contributed by atoms with Gasteiger partial charge in [0.2, 0.25) is 11.8 Å². The number of hydrogen-bond donors (Lipinski definition) is 3. The third-order valence-corrected chi connectivity index (χ3v) is 4.33. The van der Waals surface area contributed by atoms with Crippen LogP contribution in [0.2, 0.25) is 0 Å². The second kappa shape index (κ2) is 10.1. The van der Waals surface area contributed by atoms with E-state index in [1.165, 1.54) is 18.3 Å². The van der Waals surface area contributed by atoms with Gasteiger partial charge in [0.25, 0.3) is 0 Å². The van der Waals surface area contributed by atoms with Crippen LogP contribution >= 0.6 is 23.7 Å². The standard InChI is InChI=1S/C17H22N4O2S.ClH/c1-11(9-18)16(23)21-17-20-15(10-24-17)14-5-3-13(4-6-14)7-8-19-12(2)22;/h3-6,10-11H,7-9,18H2,1-2H3,(H,19,22)(H,20,21,23);1H. The van der Waals surface area contributed by atoms with E-state index < -0.39 is 0 Å². The van der Waals surface area contributed by atoms with Crippen LogP contribution in [0.25, 0.3) is 11.3 Å². The Morgan fingerprint density at radius 1 is 1.28 bits per heavy atom. The minimum absolute atomic E-state index is 0. The molecule has 0 aliphatic carbocycles. The molecule has 136 valence electrons. The maximum absolute atomic E-state index is 11.8. The zero-order valence-corrected chi connectivity index (χ0v) is 15.9. The Balaban J connectivity index is 0.00000312. The molecule has 0 radical (unpaired) electrons. The Labute approximate surface area is 157 Å². The number of hydrogen-bond acceptors (Lipinski definition) is 5. The highest BCUT2D eigenvalue weighted by Crippen LogP contribution is 2.25. The van der Waals surface area contributed by atoms with Gasteiger partial charge >= 0.3 is 0 Å². The molecule has 0 fully saturated rings. The highest BCUT2D eigenvalue weighted by Gasteiger charge is 2.13. The highest BCUT2D eigenvalue weighted by atomic mass is 35.5. The van der Waals surface area contributed by atoms with Gasteiger partial charge in [-0.25, -0.2) is 4.98 Å². The number of halogens is 1. The number of nitrogens with one attached hydrogen (secondary N) is 2. The van der Waals surface area contributed by atoms with Crippen molar-refractivity contribution in [1.82, 2.24) is 10.3 Å². The third kappa shape index (κ3) is 6.45. The van der Waals surface area contributed by atoms with Gasteiger partial charge in [0.15, 0.2) is 5.13 Å². The molecule has 0 bridgehead atoms. The second-order valence-electron chi connectivity index (χ2n) is 5.59. The molecule has 1 heterocycles. The molecule has 1 atom stereocenters. The molecule has 0 saturated heterocycles. The molecule has 1 unspecified atom stereocenters. The van der Waals surface area contributed by atoms with Crippen molar-refractivity contribution in [3.05, 3.63) is 35.2 Å². The van der Waals surface area contributed by atoms with E-state index >= 15 is 0 Å². The molecule has 2 rings (SSSR count). The SMILES string of the molecule is CC(=O)NCCc1ccc(-c2csc(NC(=O)C(C)CN)n2)cc1.Cl. The summed E-state index contributed by atoms with van der Waals surface area (Å²) in [4.78, 5) is 27.1. The molecule has 4 N–H and O–H groups in total. The summed E-state index contributed by atoms with van der Waals surface area (Å²) in [6.07, 6.45) is 0.787. The predicted molar refractivity (Wildman–Crippen MR) is 104 cm³/mol. The molecule has 2 aromatic rings. The summed E-state index contributed by atoms with van der Waals surface area (Å²) in [7, 11) is 0. The van der Waals surface area contributed by atoms with Crippen molar-refractivity contribution in [1.29, 1.82) is 0 Å². The van der Waals surface area contributed by atoms with E-state index in [4.69, 9.17) is 5.73 Å². The largest absolute Gasteiger partial charge is 0.356 e. The van der Waals surface area contributed by atoms with Gasteiger partial charge < -0.3 is 16.4 Å². The van der Waals surface area contributed by atoms with E-state index in [1.807, 2.05) is 29.6 Å². The Morgan fingerprint density at radius 2 is 1.96 bits per heavy atom. The van der Waals surface area contributed by atoms with Crippen LogP contribution in [0.3, 0.4) is 0 Å². The third-order valence-electron chi connectivity index (χ3n) is 3.57. The Morgan fingerprint density at radius 3 is 2.56 bits per heavy atom. The first-order valence-electron chi connectivity index (χ1n) is 7.79. The lowest BCUT2D eigenvalue weighted by molar-refractivity contribution is -0.119. The van der Waals surface area contributed by atoms with E-state index in [-0.39, 0.29) is 30.1 Å². The van der Waals surface area contributed by atoms with Crippen molar-refractivity contribution in [2.24, 2.45) is 11.7 Å². The zero-order chi connectivity index (χ0) is 17.5. The molecule has 1 aromatic carbocycles. The number of thiazole rings is 1. The van der Waals surface area contributed by atoms with Crippen molar-refractivity contribution < 1.29 is 9.59 Å². The number of rotatable bonds is 7. The number of amides is 2. The average molecular weight is 383 g/mol. The number of nitrogens with two attached hydrogens (primary N) is 1. The van der Waals surface area contributed by atoms with Crippen molar-refractivity contribution >= 4 is 40.7 Å². The molecule has 1 aromatic heterocycles. The van der Waals surface area contributed by atoms with Crippen LogP contribution in [0, 0.1) is 5.92 Å². The van der Waals surface area contributed by atoms with Crippen LogP contribution < -0.4 is 16.4 Å². The molecular weight excluding hydrogens is 360 g/mol. The number of nitrogens with zero attached hydrogens (tertiary/aromatic N) is 1. The predicted octanol–water partition coefficient (Wildman–Crippen LogP) is 2.44. The van der Waals surface area contributed by atoms with E-state index in [0.29, 0.717) is 18.2 Å². The maximum Gasteiger partial charge on any atom is 0.230 e. The monoisotopic (exact) mass is 382 g/mol. The number of benzene rings is 1. The molecule has 0 aliphatic rings. The van der Waals surface area contributed by atoms with Gasteiger partial charge in [-0.15, -0.1) is 23.7 Å². The van der Waals surface area contributed by atoms with Crippen molar-refractivity contribution in [3.63, 3.8) is 0 Å². The zero-order valence-electron chi connectivity index (χ0n) is 14.2. The van der Waals surface area contributed by atoms with Gasteiger partial charge in [-0.2, -0.15) is 0 Å². The van der Waals surface area contributed by atoms with Crippen LogP contribution in [0.1, 0.15) is 19.4 Å². The van der Waals surface area contributed by atoms with Crippen molar-refractivity contribution in [2.75, 3.05) is 18.4 Å². The summed E-state index contributed by atoms with van der Waals surface area (Å²) in [5.74, 6) is -0.375. The smallest absolute Gasteiger partial charge is 0.230 e. The Hall–Kier alpha value is -1.96. The van der Waals surface area contributed by atoms with Crippen LogP contribution in [-0.4, -0.2) is 29.9 Å². The van der Waals surface area contributed by atoms with Crippen molar-refractivity contribution in [2.45, 2.75) is 20.3 Å². The second-order valence-corrected chi connectivity index (χ2v) is 6.45. The Kier molecular flexibility index (Phi) is 8.54. The first-order chi connectivity index (χ1) is 11.5. The molecule has 6 nitrogen and oxygen atoms in total. The van der Waals surface area contributed by atoms with E-state index in [1.54, 1.807) is 6.92 Å². The fourth-order valence-corrected chi connectivity index (χ4v) is 2.75. The molecular formula is C17H23ClN4O2S. The quantitative estimate of drug-likeness (QED) is 0.685. The van der Waals surface area contributed by atoms with Gasteiger partial charge in [-0.1, -0.05) is 31.2 Å². The summed E-state index contributed by atoms with van der Waals surface area (Å²) < 4.78 is 0. The van der Waals surface area contributed by atoms with Crippen LogP contribution in [-0.2, 0) is 16.0 Å². The fraction of sp³-hybridized carbons (Fsp3) is 0.353. The Bertz CT molecular complexity index is 703. The van der Waals surface area contributed by atoms with E-state index in [9.17, 15) is 9.59 Å². The highest BCUT2D eigenvalue weighted by molar-refractivity contribution is 7.14. The fourth-order valence-electron chi connectivity index (χ4n) is 2.02. The molecule has 25 heavy (non-hydrogen) atoms.